The van der Waals surface area contributed by atoms with Crippen LogP contribution in [0, 0.1) is 11.2 Å². The van der Waals surface area contributed by atoms with E-state index in [4.69, 9.17) is 9.47 Å². The summed E-state index contributed by atoms with van der Waals surface area (Å²) in [7, 11) is 1.28. The third-order valence-corrected chi connectivity index (χ3v) is 5.59. The van der Waals surface area contributed by atoms with Gasteiger partial charge in [-0.25, -0.2) is 9.18 Å². The summed E-state index contributed by atoms with van der Waals surface area (Å²) in [6.45, 7) is 2.49. The fraction of sp³-hybridized carbons (Fsp3) is 0.375. The number of hydrogen-bond donors (Lipinski definition) is 0. The first-order valence-corrected chi connectivity index (χ1v) is 10.3. The number of piperidine rings is 1. The zero-order valence-corrected chi connectivity index (χ0v) is 17.7. The molecular formula is C24H26FNO5. The molecule has 31 heavy (non-hydrogen) atoms. The van der Waals surface area contributed by atoms with E-state index in [1.807, 2.05) is 0 Å². The van der Waals surface area contributed by atoms with Gasteiger partial charge in [-0.15, -0.1) is 0 Å². The smallest absolute Gasteiger partial charge is 0.337 e. The fourth-order valence-electron chi connectivity index (χ4n) is 4.06. The maximum absolute atomic E-state index is 14.4. The van der Waals surface area contributed by atoms with Crippen LogP contribution in [0.3, 0.4) is 0 Å². The molecule has 7 heteroatoms. The molecule has 6 nitrogen and oxygen atoms in total. The average Bonchev–Trinajstić information content (AvgIpc) is 2.80. The van der Waals surface area contributed by atoms with Crippen molar-refractivity contribution >= 4 is 17.8 Å². The highest BCUT2D eigenvalue weighted by atomic mass is 19.1. The quantitative estimate of drug-likeness (QED) is 0.658. The second-order valence-corrected chi connectivity index (χ2v) is 7.67. The molecule has 1 aliphatic rings. The number of ether oxygens (including phenoxy) is 2. The van der Waals surface area contributed by atoms with E-state index < -0.39 is 17.4 Å². The first kappa shape index (κ1) is 22.5. The SMILES string of the molecule is CCOC(=O)[C@]1(Cc2ccccc2F)CCCN(C(=O)c2cccc(C(=O)OC)c2)C1. The Bertz CT molecular complexity index is 976. The maximum atomic E-state index is 14.4. The third kappa shape index (κ3) is 4.93. The highest BCUT2D eigenvalue weighted by molar-refractivity contribution is 5.98. The van der Waals surface area contributed by atoms with Gasteiger partial charge >= 0.3 is 11.9 Å². The Kier molecular flexibility index (Phi) is 7.05. The summed E-state index contributed by atoms with van der Waals surface area (Å²) < 4.78 is 24.4. The van der Waals surface area contributed by atoms with Gasteiger partial charge in [0.05, 0.1) is 24.7 Å². The Morgan fingerprint density at radius 2 is 1.84 bits per heavy atom. The van der Waals surface area contributed by atoms with Crippen LogP contribution in [-0.4, -0.2) is 49.6 Å². The van der Waals surface area contributed by atoms with Crippen LogP contribution in [0.15, 0.2) is 48.5 Å². The monoisotopic (exact) mass is 427 g/mol. The number of nitrogens with zero attached hydrogens (tertiary/aromatic N) is 1. The summed E-state index contributed by atoms with van der Waals surface area (Å²) in [5, 5.41) is 0. The van der Waals surface area contributed by atoms with E-state index in [1.165, 1.54) is 19.2 Å². The molecule has 0 saturated carbocycles. The Morgan fingerprint density at radius 1 is 1.10 bits per heavy atom. The minimum absolute atomic E-state index is 0.113. The predicted molar refractivity (Wildman–Crippen MR) is 112 cm³/mol. The number of carbonyl (C=O) groups is 3. The molecule has 0 bridgehead atoms. The number of carbonyl (C=O) groups excluding carboxylic acids is 3. The standard InChI is InChI=1S/C24H26FNO5/c1-3-31-23(29)24(15-19-8-4-5-11-20(19)25)12-7-13-26(16-24)21(27)17-9-6-10-18(14-17)22(28)30-2/h4-6,8-11,14H,3,7,12-13,15-16H2,1-2H3/t24-/m0/s1. The van der Waals surface area contributed by atoms with E-state index in [2.05, 4.69) is 0 Å². The van der Waals surface area contributed by atoms with Crippen LogP contribution in [-0.2, 0) is 20.7 Å². The Balaban J connectivity index is 1.90. The summed E-state index contributed by atoms with van der Waals surface area (Å²) in [6, 6.07) is 12.6. The number of methoxy groups -OCH3 is 1. The van der Waals surface area contributed by atoms with Crippen LogP contribution in [0.4, 0.5) is 4.39 Å². The maximum Gasteiger partial charge on any atom is 0.337 e. The lowest BCUT2D eigenvalue weighted by Crippen LogP contribution is -2.51. The van der Waals surface area contributed by atoms with Crippen LogP contribution in [0.25, 0.3) is 0 Å². The lowest BCUT2D eigenvalue weighted by molar-refractivity contribution is -0.158. The Morgan fingerprint density at radius 3 is 2.55 bits per heavy atom. The highest BCUT2D eigenvalue weighted by Crippen LogP contribution is 2.36. The molecule has 1 saturated heterocycles. The molecule has 0 N–H and O–H groups in total. The van der Waals surface area contributed by atoms with Crippen LogP contribution in [0.1, 0.15) is 46.0 Å². The lowest BCUT2D eigenvalue weighted by atomic mass is 9.74. The van der Waals surface area contributed by atoms with Gasteiger partial charge in [0, 0.05) is 18.7 Å². The molecule has 0 spiro atoms. The zero-order valence-electron chi connectivity index (χ0n) is 17.7. The van der Waals surface area contributed by atoms with Gasteiger partial charge in [0.1, 0.15) is 5.82 Å². The van der Waals surface area contributed by atoms with Gasteiger partial charge in [-0.3, -0.25) is 9.59 Å². The molecule has 0 aromatic heterocycles. The minimum atomic E-state index is -1.04. The molecule has 0 aliphatic carbocycles. The van der Waals surface area contributed by atoms with Crippen molar-refractivity contribution in [3.05, 3.63) is 71.0 Å². The van der Waals surface area contributed by atoms with Gasteiger partial charge in [0.25, 0.3) is 5.91 Å². The average molecular weight is 427 g/mol. The van der Waals surface area contributed by atoms with Gasteiger partial charge in [0.2, 0.25) is 0 Å². The lowest BCUT2D eigenvalue weighted by Gasteiger charge is -2.41. The summed E-state index contributed by atoms with van der Waals surface area (Å²) >= 11 is 0. The molecule has 2 aromatic carbocycles. The molecule has 3 rings (SSSR count). The van der Waals surface area contributed by atoms with Gasteiger partial charge in [0.15, 0.2) is 0 Å². The van der Waals surface area contributed by atoms with Crippen molar-refractivity contribution in [1.82, 2.24) is 4.90 Å². The number of halogens is 1. The summed E-state index contributed by atoms with van der Waals surface area (Å²) in [4.78, 5) is 39.6. The molecule has 1 amide bonds. The van der Waals surface area contributed by atoms with Crippen LogP contribution >= 0.6 is 0 Å². The fourth-order valence-corrected chi connectivity index (χ4v) is 4.06. The van der Waals surface area contributed by atoms with Crippen molar-refractivity contribution in [2.75, 3.05) is 26.8 Å². The summed E-state index contributed by atoms with van der Waals surface area (Å²) in [5.74, 6) is -1.65. The van der Waals surface area contributed by atoms with Gasteiger partial charge < -0.3 is 14.4 Å². The van der Waals surface area contributed by atoms with Crippen LogP contribution < -0.4 is 0 Å². The van der Waals surface area contributed by atoms with E-state index in [1.54, 1.807) is 48.2 Å². The molecule has 0 unspecified atom stereocenters. The van der Waals surface area contributed by atoms with Crippen molar-refractivity contribution in [2.45, 2.75) is 26.2 Å². The molecule has 1 fully saturated rings. The van der Waals surface area contributed by atoms with Crippen molar-refractivity contribution in [1.29, 1.82) is 0 Å². The summed E-state index contributed by atoms with van der Waals surface area (Å²) in [6.07, 6.45) is 1.21. The topological polar surface area (TPSA) is 72.9 Å². The Labute approximate surface area is 180 Å². The largest absolute Gasteiger partial charge is 0.466 e. The minimum Gasteiger partial charge on any atom is -0.466 e. The molecule has 164 valence electrons. The van der Waals surface area contributed by atoms with E-state index in [0.29, 0.717) is 30.5 Å². The normalized spacial score (nSPS) is 18.4. The number of esters is 2. The number of likely N-dealkylation sites (tertiary alicyclic amines) is 1. The van der Waals surface area contributed by atoms with Crippen molar-refractivity contribution in [2.24, 2.45) is 5.41 Å². The number of benzene rings is 2. The third-order valence-electron chi connectivity index (χ3n) is 5.59. The number of hydrogen-bond acceptors (Lipinski definition) is 5. The van der Waals surface area contributed by atoms with Crippen molar-refractivity contribution in [3.63, 3.8) is 0 Å². The molecule has 0 radical (unpaired) electrons. The van der Waals surface area contributed by atoms with Crippen LogP contribution in [0.2, 0.25) is 0 Å². The van der Waals surface area contributed by atoms with E-state index in [0.717, 1.165) is 0 Å². The second kappa shape index (κ2) is 9.73. The van der Waals surface area contributed by atoms with Crippen molar-refractivity contribution in [3.8, 4) is 0 Å². The zero-order chi connectivity index (χ0) is 22.4. The number of rotatable bonds is 6. The summed E-state index contributed by atoms with van der Waals surface area (Å²) in [5.41, 5.74) is -0.0223. The van der Waals surface area contributed by atoms with Gasteiger partial charge in [-0.1, -0.05) is 24.3 Å². The molecule has 1 heterocycles. The van der Waals surface area contributed by atoms with E-state index in [-0.39, 0.29) is 36.9 Å². The second-order valence-electron chi connectivity index (χ2n) is 7.67. The van der Waals surface area contributed by atoms with Gasteiger partial charge in [-0.05, 0) is 56.0 Å². The van der Waals surface area contributed by atoms with Gasteiger partial charge in [-0.2, -0.15) is 0 Å². The van der Waals surface area contributed by atoms with E-state index in [9.17, 15) is 18.8 Å². The van der Waals surface area contributed by atoms with Crippen molar-refractivity contribution < 1.29 is 28.2 Å². The number of amides is 1. The first-order chi connectivity index (χ1) is 14.9. The predicted octanol–water partition coefficient (Wildman–Crippen LogP) is 3.64. The van der Waals surface area contributed by atoms with Crippen LogP contribution in [0.5, 0.6) is 0 Å². The van der Waals surface area contributed by atoms with E-state index >= 15 is 0 Å². The molecule has 1 atom stereocenters. The first-order valence-electron chi connectivity index (χ1n) is 10.3. The molecule has 1 aliphatic heterocycles. The highest BCUT2D eigenvalue weighted by Gasteiger charge is 2.45. The molecular weight excluding hydrogens is 401 g/mol. The molecule has 2 aromatic rings. The Hall–Kier alpha value is -3.22.